The van der Waals surface area contributed by atoms with Gasteiger partial charge in [-0.25, -0.2) is 9.97 Å². The molecule has 5 heterocycles. The van der Waals surface area contributed by atoms with Crippen LogP contribution in [0.4, 0.5) is 5.82 Å². The third kappa shape index (κ3) is 3.82. The predicted molar refractivity (Wildman–Crippen MR) is 131 cm³/mol. The Balaban J connectivity index is 1.45. The lowest BCUT2D eigenvalue weighted by atomic mass is 10.1. The highest BCUT2D eigenvalue weighted by Crippen LogP contribution is 2.34. The Hall–Kier alpha value is -3.50. The second-order valence-electron chi connectivity index (χ2n) is 9.34. The summed E-state index contributed by atoms with van der Waals surface area (Å²) in [5.41, 5.74) is 3.40. The van der Waals surface area contributed by atoms with Crippen LogP contribution in [0, 0.1) is 0 Å². The van der Waals surface area contributed by atoms with Crippen LogP contribution in [0.15, 0.2) is 36.8 Å². The monoisotopic (exact) mass is 475 g/mol. The number of aliphatic hydroxyl groups is 1. The second kappa shape index (κ2) is 8.94. The average molecular weight is 476 g/mol. The highest BCUT2D eigenvalue weighted by Gasteiger charge is 2.29. The van der Waals surface area contributed by atoms with Gasteiger partial charge in [0, 0.05) is 43.1 Å². The molecule has 182 valence electrons. The van der Waals surface area contributed by atoms with Crippen molar-refractivity contribution in [1.82, 2.24) is 29.5 Å². The van der Waals surface area contributed by atoms with Crippen molar-refractivity contribution in [3.05, 3.63) is 42.4 Å². The van der Waals surface area contributed by atoms with Gasteiger partial charge in [-0.2, -0.15) is 9.61 Å². The molecule has 2 aliphatic rings. The molecule has 10 heteroatoms. The van der Waals surface area contributed by atoms with Gasteiger partial charge in [-0.05, 0) is 44.2 Å². The summed E-state index contributed by atoms with van der Waals surface area (Å²) in [7, 11) is 1.82. The number of fused-ring (bicyclic) bond motifs is 2. The molecule has 0 aromatic carbocycles. The molecule has 0 radical (unpaired) electrons. The van der Waals surface area contributed by atoms with Crippen molar-refractivity contribution in [3.8, 4) is 11.3 Å². The van der Waals surface area contributed by atoms with Gasteiger partial charge in [-0.3, -0.25) is 4.79 Å². The molecule has 2 fully saturated rings. The topological polar surface area (TPSA) is 119 Å². The number of hydrogen-bond acceptors (Lipinski definition) is 7. The van der Waals surface area contributed by atoms with Gasteiger partial charge in [0.1, 0.15) is 17.0 Å². The number of rotatable bonds is 5. The van der Waals surface area contributed by atoms with Gasteiger partial charge in [0.25, 0.3) is 5.91 Å². The summed E-state index contributed by atoms with van der Waals surface area (Å²) in [6.45, 7) is 1.46. The molecule has 0 bridgehead atoms. The quantitative estimate of drug-likeness (QED) is 0.406. The molecule has 0 unspecified atom stereocenters. The number of nitrogens with zero attached hydrogens (tertiary/aromatic N) is 5. The highest BCUT2D eigenvalue weighted by molar-refractivity contribution is 6.01. The number of carbonyl (C=O) groups is 1. The summed E-state index contributed by atoms with van der Waals surface area (Å²) >= 11 is 0. The van der Waals surface area contributed by atoms with Crippen molar-refractivity contribution in [2.45, 2.75) is 50.3 Å². The van der Waals surface area contributed by atoms with Crippen LogP contribution in [-0.2, 0) is 4.74 Å². The SMILES string of the molecule is CNc1cc(-c2cn([C@H]3CCCOC3)c3ncccc23)nc2c(C(=O)N[C@@H]3CCC[C@@H]3O)cnn12. The number of aromatic nitrogens is 5. The lowest BCUT2D eigenvalue weighted by Gasteiger charge is -2.24. The van der Waals surface area contributed by atoms with Gasteiger partial charge in [-0.1, -0.05) is 0 Å². The van der Waals surface area contributed by atoms with Crippen LogP contribution in [0.3, 0.4) is 0 Å². The summed E-state index contributed by atoms with van der Waals surface area (Å²) in [6.07, 6.45) is 9.35. The number of ether oxygens (including phenoxy) is 1. The van der Waals surface area contributed by atoms with Crippen LogP contribution < -0.4 is 10.6 Å². The molecule has 0 spiro atoms. The van der Waals surface area contributed by atoms with E-state index in [4.69, 9.17) is 9.72 Å². The normalized spacial score (nSPS) is 22.6. The molecule has 3 N–H and O–H groups in total. The Morgan fingerprint density at radius 3 is 2.91 bits per heavy atom. The molecule has 1 aliphatic carbocycles. The summed E-state index contributed by atoms with van der Waals surface area (Å²) < 4.78 is 9.57. The van der Waals surface area contributed by atoms with Gasteiger partial charge >= 0.3 is 0 Å². The molecule has 1 saturated carbocycles. The Bertz CT molecular complexity index is 1390. The number of amides is 1. The van der Waals surface area contributed by atoms with Crippen molar-refractivity contribution < 1.29 is 14.6 Å². The van der Waals surface area contributed by atoms with Crippen LogP contribution in [-0.4, -0.2) is 67.6 Å². The van der Waals surface area contributed by atoms with Gasteiger partial charge in [0.2, 0.25) is 0 Å². The van der Waals surface area contributed by atoms with E-state index in [-0.39, 0.29) is 18.0 Å². The number of pyridine rings is 1. The van der Waals surface area contributed by atoms with Crippen molar-refractivity contribution in [3.63, 3.8) is 0 Å². The number of hydrogen-bond donors (Lipinski definition) is 3. The van der Waals surface area contributed by atoms with Gasteiger partial charge in [-0.15, -0.1) is 0 Å². The van der Waals surface area contributed by atoms with E-state index < -0.39 is 6.10 Å². The first-order valence-corrected chi connectivity index (χ1v) is 12.2. The molecule has 4 aromatic rings. The average Bonchev–Trinajstić information content (AvgIpc) is 3.61. The number of aliphatic hydroxyl groups excluding tert-OH is 1. The third-order valence-corrected chi connectivity index (χ3v) is 7.16. The van der Waals surface area contributed by atoms with Crippen LogP contribution in [0.1, 0.15) is 48.5 Å². The number of carbonyl (C=O) groups excluding carboxylic acids is 1. The van der Waals surface area contributed by atoms with E-state index in [9.17, 15) is 9.90 Å². The molecule has 35 heavy (non-hydrogen) atoms. The lowest BCUT2D eigenvalue weighted by Crippen LogP contribution is -2.39. The van der Waals surface area contributed by atoms with Gasteiger partial charge in [0.05, 0.1) is 36.7 Å². The minimum absolute atomic E-state index is 0.219. The fourth-order valence-electron chi connectivity index (χ4n) is 5.30. The summed E-state index contributed by atoms with van der Waals surface area (Å²) in [4.78, 5) is 22.7. The first kappa shape index (κ1) is 22.0. The standard InChI is InChI=1S/C25H29N7O3/c1-26-22-11-20(18-13-31(15-5-4-10-35-14-15)23-16(18)6-3-9-27-23)29-24-17(12-28-32(22)24)25(34)30-19-7-2-8-21(19)33/h3,6,9,11-13,15,19,21,26,33H,2,4-5,7-8,10,14H2,1H3,(H,30,34)/t15-,19+,21-/m0/s1. The Morgan fingerprint density at radius 2 is 2.14 bits per heavy atom. The van der Waals surface area contributed by atoms with E-state index >= 15 is 0 Å². The minimum Gasteiger partial charge on any atom is -0.391 e. The second-order valence-corrected chi connectivity index (χ2v) is 9.34. The van der Waals surface area contributed by atoms with E-state index in [1.165, 1.54) is 6.20 Å². The van der Waals surface area contributed by atoms with E-state index in [0.717, 1.165) is 60.4 Å². The largest absolute Gasteiger partial charge is 0.391 e. The van der Waals surface area contributed by atoms with Crippen molar-refractivity contribution >= 4 is 28.4 Å². The van der Waals surface area contributed by atoms with Gasteiger partial charge in [0.15, 0.2) is 5.65 Å². The predicted octanol–water partition coefficient (Wildman–Crippen LogP) is 2.78. The third-order valence-electron chi connectivity index (χ3n) is 7.16. The molecule has 3 atom stereocenters. The summed E-state index contributed by atoms with van der Waals surface area (Å²) in [6, 6.07) is 5.89. The zero-order valence-corrected chi connectivity index (χ0v) is 19.6. The van der Waals surface area contributed by atoms with E-state index in [1.54, 1.807) is 10.7 Å². The maximum absolute atomic E-state index is 13.1. The molecular weight excluding hydrogens is 446 g/mol. The molecule has 4 aromatic heterocycles. The van der Waals surface area contributed by atoms with Crippen molar-refractivity contribution in [2.75, 3.05) is 25.6 Å². The summed E-state index contributed by atoms with van der Waals surface area (Å²) in [5.74, 6) is 0.442. The lowest BCUT2D eigenvalue weighted by molar-refractivity contribution is 0.0605. The maximum Gasteiger partial charge on any atom is 0.257 e. The zero-order valence-electron chi connectivity index (χ0n) is 19.6. The van der Waals surface area contributed by atoms with Gasteiger partial charge < -0.3 is 25.0 Å². The molecule has 10 nitrogen and oxygen atoms in total. The highest BCUT2D eigenvalue weighted by atomic mass is 16.5. The molecule has 1 aliphatic heterocycles. The number of anilines is 1. The van der Waals surface area contributed by atoms with E-state index in [2.05, 4.69) is 31.5 Å². The molecule has 1 amide bonds. The van der Waals surface area contributed by atoms with Crippen molar-refractivity contribution in [1.29, 1.82) is 0 Å². The summed E-state index contributed by atoms with van der Waals surface area (Å²) in [5, 5.41) is 21.7. The fraction of sp³-hybridized carbons (Fsp3) is 0.440. The van der Waals surface area contributed by atoms with Crippen LogP contribution in [0.25, 0.3) is 27.9 Å². The fourth-order valence-corrected chi connectivity index (χ4v) is 5.30. The van der Waals surface area contributed by atoms with E-state index in [1.807, 2.05) is 25.2 Å². The molecule has 6 rings (SSSR count). The first-order chi connectivity index (χ1) is 17.1. The Kier molecular flexibility index (Phi) is 5.62. The first-order valence-electron chi connectivity index (χ1n) is 12.2. The Labute approximate surface area is 202 Å². The van der Waals surface area contributed by atoms with Crippen LogP contribution >= 0.6 is 0 Å². The zero-order chi connectivity index (χ0) is 23.9. The smallest absolute Gasteiger partial charge is 0.257 e. The maximum atomic E-state index is 13.1. The van der Waals surface area contributed by atoms with Crippen LogP contribution in [0.2, 0.25) is 0 Å². The molecule has 1 saturated heterocycles. The number of nitrogens with one attached hydrogen (secondary N) is 2. The minimum atomic E-state index is -0.514. The van der Waals surface area contributed by atoms with Crippen molar-refractivity contribution in [2.24, 2.45) is 0 Å². The molecular formula is C25H29N7O3. The van der Waals surface area contributed by atoms with E-state index in [0.29, 0.717) is 24.2 Å². The van der Waals surface area contributed by atoms with Crippen LogP contribution in [0.5, 0.6) is 0 Å². The Morgan fingerprint density at radius 1 is 1.23 bits per heavy atom.